The molecular formula is C17H21N3O2S. The van der Waals surface area contributed by atoms with Crippen LogP contribution in [-0.4, -0.2) is 41.9 Å². The van der Waals surface area contributed by atoms with Crippen LogP contribution in [0.1, 0.15) is 23.7 Å². The van der Waals surface area contributed by atoms with Gasteiger partial charge in [0.15, 0.2) is 5.16 Å². The molecule has 1 aromatic heterocycles. The van der Waals surface area contributed by atoms with E-state index in [-0.39, 0.29) is 5.91 Å². The van der Waals surface area contributed by atoms with E-state index in [1.54, 1.807) is 6.20 Å². The zero-order valence-corrected chi connectivity index (χ0v) is 14.2. The maximum Gasteiger partial charge on any atom is 0.255 e. The van der Waals surface area contributed by atoms with Gasteiger partial charge in [-0.05, 0) is 19.6 Å². The van der Waals surface area contributed by atoms with Crippen molar-refractivity contribution in [1.82, 2.24) is 15.3 Å². The lowest BCUT2D eigenvalue weighted by molar-refractivity contribution is 0.0944. The number of rotatable bonds is 8. The van der Waals surface area contributed by atoms with Gasteiger partial charge in [0.25, 0.3) is 5.91 Å². The first-order chi connectivity index (χ1) is 11.3. The molecule has 0 bridgehead atoms. The Labute approximate surface area is 140 Å². The Morgan fingerprint density at radius 2 is 2.09 bits per heavy atom. The molecule has 122 valence electrons. The monoisotopic (exact) mass is 331 g/mol. The van der Waals surface area contributed by atoms with Gasteiger partial charge < -0.3 is 10.1 Å². The summed E-state index contributed by atoms with van der Waals surface area (Å²) in [4.78, 5) is 21.2. The third-order valence-electron chi connectivity index (χ3n) is 3.20. The number of ether oxygens (including phenoxy) is 1. The van der Waals surface area contributed by atoms with Gasteiger partial charge in [0, 0.05) is 31.5 Å². The molecule has 0 unspecified atom stereocenters. The second-order valence-electron chi connectivity index (χ2n) is 4.79. The highest BCUT2D eigenvalue weighted by atomic mass is 32.2. The average Bonchev–Trinajstić information content (AvgIpc) is 2.61. The fourth-order valence-electron chi connectivity index (χ4n) is 2.06. The fourth-order valence-corrected chi connectivity index (χ4v) is 2.40. The number of nitrogens with zero attached hydrogens (tertiary/aromatic N) is 2. The van der Waals surface area contributed by atoms with E-state index in [1.165, 1.54) is 11.8 Å². The van der Waals surface area contributed by atoms with Gasteiger partial charge in [0.05, 0.1) is 11.3 Å². The van der Waals surface area contributed by atoms with Gasteiger partial charge in [0.1, 0.15) is 0 Å². The predicted molar refractivity (Wildman–Crippen MR) is 92.7 cm³/mol. The molecule has 0 fully saturated rings. The summed E-state index contributed by atoms with van der Waals surface area (Å²) in [6, 6.07) is 9.68. The number of carbonyl (C=O) groups excluding carboxylic acids is 1. The SMILES string of the molecule is CCOCCCNC(=O)c1cnc(SC)nc1-c1ccccc1. The summed E-state index contributed by atoms with van der Waals surface area (Å²) in [5, 5.41) is 3.55. The van der Waals surface area contributed by atoms with E-state index in [4.69, 9.17) is 4.74 Å². The normalized spacial score (nSPS) is 10.5. The van der Waals surface area contributed by atoms with E-state index < -0.39 is 0 Å². The average molecular weight is 331 g/mol. The molecule has 1 aromatic carbocycles. The van der Waals surface area contributed by atoms with E-state index in [2.05, 4.69) is 15.3 Å². The molecule has 5 nitrogen and oxygen atoms in total. The number of hydrogen-bond acceptors (Lipinski definition) is 5. The van der Waals surface area contributed by atoms with E-state index in [0.29, 0.717) is 36.2 Å². The summed E-state index contributed by atoms with van der Waals surface area (Å²) in [6.07, 6.45) is 4.29. The number of hydrogen-bond donors (Lipinski definition) is 1. The zero-order chi connectivity index (χ0) is 16.5. The second kappa shape index (κ2) is 9.27. The molecule has 0 aliphatic rings. The third kappa shape index (κ3) is 5.04. The molecule has 0 aliphatic heterocycles. The van der Waals surface area contributed by atoms with Crippen molar-refractivity contribution in [3.8, 4) is 11.3 Å². The van der Waals surface area contributed by atoms with Crippen LogP contribution >= 0.6 is 11.8 Å². The maximum atomic E-state index is 12.4. The lowest BCUT2D eigenvalue weighted by atomic mass is 10.1. The highest BCUT2D eigenvalue weighted by molar-refractivity contribution is 7.98. The van der Waals surface area contributed by atoms with Gasteiger partial charge in [-0.15, -0.1) is 0 Å². The van der Waals surface area contributed by atoms with E-state index >= 15 is 0 Å². The minimum atomic E-state index is -0.159. The summed E-state index contributed by atoms with van der Waals surface area (Å²) in [6.45, 7) is 3.85. The van der Waals surface area contributed by atoms with Crippen molar-refractivity contribution >= 4 is 17.7 Å². The molecule has 0 spiro atoms. The predicted octanol–water partition coefficient (Wildman–Crippen LogP) is 3.02. The van der Waals surface area contributed by atoms with Crippen LogP contribution in [0.2, 0.25) is 0 Å². The summed E-state index contributed by atoms with van der Waals surface area (Å²) in [7, 11) is 0. The Morgan fingerprint density at radius 1 is 1.30 bits per heavy atom. The highest BCUT2D eigenvalue weighted by Crippen LogP contribution is 2.23. The van der Waals surface area contributed by atoms with Crippen LogP contribution in [-0.2, 0) is 4.74 Å². The Kier molecular flexibility index (Phi) is 7.03. The Bertz CT molecular complexity index is 635. The molecule has 2 rings (SSSR count). The van der Waals surface area contributed by atoms with E-state index in [1.807, 2.05) is 43.5 Å². The summed E-state index contributed by atoms with van der Waals surface area (Å²) < 4.78 is 5.27. The van der Waals surface area contributed by atoms with Crippen molar-refractivity contribution in [1.29, 1.82) is 0 Å². The lowest BCUT2D eigenvalue weighted by Gasteiger charge is -2.10. The number of aromatic nitrogens is 2. The molecule has 0 saturated heterocycles. The van der Waals surface area contributed by atoms with Crippen molar-refractivity contribution in [3.05, 3.63) is 42.1 Å². The molecule has 6 heteroatoms. The Hall–Kier alpha value is -1.92. The van der Waals surface area contributed by atoms with Gasteiger partial charge in [-0.2, -0.15) is 0 Å². The van der Waals surface area contributed by atoms with Crippen LogP contribution in [0.5, 0.6) is 0 Å². The molecule has 1 heterocycles. The topological polar surface area (TPSA) is 64.1 Å². The van der Waals surface area contributed by atoms with Crippen molar-refractivity contribution in [3.63, 3.8) is 0 Å². The van der Waals surface area contributed by atoms with Gasteiger partial charge in [-0.25, -0.2) is 9.97 Å². The van der Waals surface area contributed by atoms with Gasteiger partial charge in [-0.3, -0.25) is 4.79 Å². The highest BCUT2D eigenvalue weighted by Gasteiger charge is 2.15. The van der Waals surface area contributed by atoms with Crippen LogP contribution in [0.4, 0.5) is 0 Å². The van der Waals surface area contributed by atoms with Crippen LogP contribution < -0.4 is 5.32 Å². The fraction of sp³-hybridized carbons (Fsp3) is 0.353. The lowest BCUT2D eigenvalue weighted by Crippen LogP contribution is -2.26. The maximum absolute atomic E-state index is 12.4. The first-order valence-electron chi connectivity index (χ1n) is 7.58. The molecular weight excluding hydrogens is 310 g/mol. The minimum absolute atomic E-state index is 0.159. The molecule has 23 heavy (non-hydrogen) atoms. The number of amides is 1. The van der Waals surface area contributed by atoms with E-state index in [9.17, 15) is 4.79 Å². The van der Waals surface area contributed by atoms with Crippen LogP contribution in [0.3, 0.4) is 0 Å². The summed E-state index contributed by atoms with van der Waals surface area (Å²) in [5.74, 6) is -0.159. The standard InChI is InChI=1S/C17H21N3O2S/c1-3-22-11-7-10-18-16(21)14-12-19-17(23-2)20-15(14)13-8-5-4-6-9-13/h4-6,8-9,12H,3,7,10-11H2,1-2H3,(H,18,21). The van der Waals surface area contributed by atoms with Crippen LogP contribution in [0, 0.1) is 0 Å². The number of nitrogens with one attached hydrogen (secondary N) is 1. The minimum Gasteiger partial charge on any atom is -0.382 e. The van der Waals surface area contributed by atoms with Gasteiger partial charge >= 0.3 is 0 Å². The Morgan fingerprint density at radius 3 is 2.78 bits per heavy atom. The van der Waals surface area contributed by atoms with Crippen molar-refractivity contribution in [2.24, 2.45) is 0 Å². The first-order valence-corrected chi connectivity index (χ1v) is 8.81. The molecule has 1 amide bonds. The molecule has 1 N–H and O–H groups in total. The number of thioether (sulfide) groups is 1. The van der Waals surface area contributed by atoms with Crippen molar-refractivity contribution < 1.29 is 9.53 Å². The first kappa shape index (κ1) is 17.4. The number of carbonyl (C=O) groups is 1. The molecule has 0 saturated carbocycles. The molecule has 0 radical (unpaired) electrons. The second-order valence-corrected chi connectivity index (χ2v) is 5.56. The van der Waals surface area contributed by atoms with Crippen LogP contribution in [0.15, 0.2) is 41.7 Å². The van der Waals surface area contributed by atoms with Gasteiger partial charge in [0.2, 0.25) is 0 Å². The number of benzene rings is 1. The van der Waals surface area contributed by atoms with Gasteiger partial charge in [-0.1, -0.05) is 42.1 Å². The quantitative estimate of drug-likeness (QED) is 0.458. The molecule has 2 aromatic rings. The Balaban J connectivity index is 2.16. The van der Waals surface area contributed by atoms with E-state index in [0.717, 1.165) is 12.0 Å². The largest absolute Gasteiger partial charge is 0.382 e. The molecule has 0 atom stereocenters. The molecule has 0 aliphatic carbocycles. The smallest absolute Gasteiger partial charge is 0.255 e. The van der Waals surface area contributed by atoms with Crippen molar-refractivity contribution in [2.75, 3.05) is 26.0 Å². The summed E-state index contributed by atoms with van der Waals surface area (Å²) >= 11 is 1.45. The van der Waals surface area contributed by atoms with Crippen LogP contribution in [0.25, 0.3) is 11.3 Å². The summed E-state index contributed by atoms with van der Waals surface area (Å²) in [5.41, 5.74) is 2.06. The van der Waals surface area contributed by atoms with Crippen molar-refractivity contribution in [2.45, 2.75) is 18.5 Å². The third-order valence-corrected chi connectivity index (χ3v) is 3.76. The zero-order valence-electron chi connectivity index (χ0n) is 13.4.